The van der Waals surface area contributed by atoms with Crippen LogP contribution in [-0.4, -0.2) is 46.1 Å². The first-order valence-electron chi connectivity index (χ1n) is 6.97. The van der Waals surface area contributed by atoms with Crippen molar-refractivity contribution in [1.82, 2.24) is 5.32 Å². The van der Waals surface area contributed by atoms with Gasteiger partial charge in [0, 0.05) is 19.0 Å². The van der Waals surface area contributed by atoms with Crippen LogP contribution in [0.15, 0.2) is 18.2 Å². The summed E-state index contributed by atoms with van der Waals surface area (Å²) in [6.07, 6.45) is -3.69. The molecule has 1 N–H and O–H groups in total. The van der Waals surface area contributed by atoms with E-state index < -0.39 is 12.8 Å². The summed E-state index contributed by atoms with van der Waals surface area (Å²) in [6.45, 7) is -1.46. The molecule has 0 saturated carbocycles. The Labute approximate surface area is 132 Å². The zero-order chi connectivity index (χ0) is 17.3. The summed E-state index contributed by atoms with van der Waals surface area (Å²) in [5, 5.41) is 2.50. The Kier molecular flexibility index (Phi) is 7.67. The molecule has 0 aliphatic carbocycles. The van der Waals surface area contributed by atoms with Crippen LogP contribution < -0.4 is 14.8 Å². The number of halogens is 3. The number of rotatable bonds is 9. The molecule has 5 nitrogen and oxygen atoms in total. The SMILES string of the molecule is COc1cc(CCC(=O)NCCOCC(F)(F)F)cc(OC)c1. The highest BCUT2D eigenvalue weighted by Gasteiger charge is 2.27. The Morgan fingerprint density at radius 1 is 1.13 bits per heavy atom. The number of hydrogen-bond donors (Lipinski definition) is 1. The summed E-state index contributed by atoms with van der Waals surface area (Å²) in [5.74, 6) is 0.989. The lowest BCUT2D eigenvalue weighted by molar-refractivity contribution is -0.173. The summed E-state index contributed by atoms with van der Waals surface area (Å²) in [4.78, 5) is 11.6. The summed E-state index contributed by atoms with van der Waals surface area (Å²) < 4.78 is 50.2. The molecule has 1 aromatic carbocycles. The van der Waals surface area contributed by atoms with E-state index in [0.29, 0.717) is 17.9 Å². The van der Waals surface area contributed by atoms with Crippen molar-refractivity contribution in [2.75, 3.05) is 34.0 Å². The zero-order valence-corrected chi connectivity index (χ0v) is 13.0. The van der Waals surface area contributed by atoms with Gasteiger partial charge in [-0.3, -0.25) is 4.79 Å². The molecule has 0 radical (unpaired) electrons. The molecule has 1 amide bonds. The van der Waals surface area contributed by atoms with Crippen LogP contribution in [0.3, 0.4) is 0 Å². The average molecular weight is 335 g/mol. The molecule has 0 heterocycles. The van der Waals surface area contributed by atoms with Crippen LogP contribution in [0.1, 0.15) is 12.0 Å². The molecule has 1 rings (SSSR count). The molecule has 0 saturated heterocycles. The summed E-state index contributed by atoms with van der Waals surface area (Å²) in [7, 11) is 3.07. The Hall–Kier alpha value is -1.96. The smallest absolute Gasteiger partial charge is 0.411 e. The molecule has 130 valence electrons. The van der Waals surface area contributed by atoms with Crippen molar-refractivity contribution in [2.24, 2.45) is 0 Å². The van der Waals surface area contributed by atoms with Gasteiger partial charge in [0.25, 0.3) is 0 Å². The third kappa shape index (κ3) is 8.29. The van der Waals surface area contributed by atoms with Gasteiger partial charge in [-0.05, 0) is 24.1 Å². The fourth-order valence-corrected chi connectivity index (χ4v) is 1.81. The van der Waals surface area contributed by atoms with Crippen LogP contribution >= 0.6 is 0 Å². The van der Waals surface area contributed by atoms with Gasteiger partial charge in [-0.25, -0.2) is 0 Å². The van der Waals surface area contributed by atoms with Crippen molar-refractivity contribution in [3.63, 3.8) is 0 Å². The normalized spacial score (nSPS) is 11.2. The van der Waals surface area contributed by atoms with E-state index in [1.54, 1.807) is 18.2 Å². The minimum Gasteiger partial charge on any atom is -0.497 e. The van der Waals surface area contributed by atoms with E-state index in [4.69, 9.17) is 9.47 Å². The van der Waals surface area contributed by atoms with Gasteiger partial charge in [0.05, 0.1) is 20.8 Å². The molecule has 1 aromatic rings. The molecule has 23 heavy (non-hydrogen) atoms. The van der Waals surface area contributed by atoms with Gasteiger partial charge < -0.3 is 19.5 Å². The summed E-state index contributed by atoms with van der Waals surface area (Å²) >= 11 is 0. The summed E-state index contributed by atoms with van der Waals surface area (Å²) in [5.41, 5.74) is 0.865. The van der Waals surface area contributed by atoms with Crippen LogP contribution in [0.2, 0.25) is 0 Å². The zero-order valence-electron chi connectivity index (χ0n) is 13.0. The van der Waals surface area contributed by atoms with Crippen LogP contribution in [0, 0.1) is 0 Å². The lowest BCUT2D eigenvalue weighted by Gasteiger charge is -2.10. The van der Waals surface area contributed by atoms with E-state index in [1.165, 1.54) is 14.2 Å². The highest BCUT2D eigenvalue weighted by molar-refractivity contribution is 5.76. The van der Waals surface area contributed by atoms with E-state index in [1.807, 2.05) is 0 Å². The maximum Gasteiger partial charge on any atom is 0.411 e. The molecular formula is C15H20F3NO4. The Bertz CT molecular complexity index is 484. The van der Waals surface area contributed by atoms with Gasteiger partial charge >= 0.3 is 6.18 Å². The minimum absolute atomic E-state index is 0.0380. The van der Waals surface area contributed by atoms with Crippen molar-refractivity contribution < 1.29 is 32.2 Å². The molecular weight excluding hydrogens is 315 g/mol. The van der Waals surface area contributed by atoms with Crippen LogP contribution in [0.4, 0.5) is 13.2 Å². The average Bonchev–Trinajstić information content (AvgIpc) is 2.51. The second-order valence-electron chi connectivity index (χ2n) is 4.74. The largest absolute Gasteiger partial charge is 0.497 e. The molecule has 8 heteroatoms. The van der Waals surface area contributed by atoms with Gasteiger partial charge in [0.2, 0.25) is 5.91 Å². The molecule has 0 bridgehead atoms. The van der Waals surface area contributed by atoms with Crippen molar-refractivity contribution in [3.05, 3.63) is 23.8 Å². The summed E-state index contributed by atoms with van der Waals surface area (Å²) in [6, 6.07) is 5.31. The Morgan fingerprint density at radius 3 is 2.26 bits per heavy atom. The monoisotopic (exact) mass is 335 g/mol. The number of alkyl halides is 3. The number of carbonyl (C=O) groups excluding carboxylic acids is 1. The number of ether oxygens (including phenoxy) is 3. The van der Waals surface area contributed by atoms with E-state index in [9.17, 15) is 18.0 Å². The highest BCUT2D eigenvalue weighted by atomic mass is 19.4. The second-order valence-corrected chi connectivity index (χ2v) is 4.74. The predicted octanol–water partition coefficient (Wildman–Crippen LogP) is 2.33. The molecule has 0 atom stereocenters. The molecule has 0 unspecified atom stereocenters. The van der Waals surface area contributed by atoms with E-state index >= 15 is 0 Å². The maximum atomic E-state index is 11.8. The lowest BCUT2D eigenvalue weighted by atomic mass is 10.1. The molecule has 0 aliphatic heterocycles. The van der Waals surface area contributed by atoms with Gasteiger partial charge in [-0.2, -0.15) is 13.2 Å². The topological polar surface area (TPSA) is 56.8 Å². The van der Waals surface area contributed by atoms with E-state index in [2.05, 4.69) is 10.1 Å². The van der Waals surface area contributed by atoms with Gasteiger partial charge in [-0.15, -0.1) is 0 Å². The number of carbonyl (C=O) groups is 1. The first-order valence-corrected chi connectivity index (χ1v) is 6.97. The fourth-order valence-electron chi connectivity index (χ4n) is 1.81. The van der Waals surface area contributed by atoms with Crippen molar-refractivity contribution >= 4 is 5.91 Å². The Morgan fingerprint density at radius 2 is 1.74 bits per heavy atom. The van der Waals surface area contributed by atoms with Crippen LogP contribution in [0.25, 0.3) is 0 Å². The predicted molar refractivity (Wildman–Crippen MR) is 77.8 cm³/mol. The maximum absolute atomic E-state index is 11.8. The van der Waals surface area contributed by atoms with Crippen LogP contribution in [0.5, 0.6) is 11.5 Å². The first kappa shape index (κ1) is 19.1. The standard InChI is InChI=1S/C15H20F3NO4/c1-21-12-7-11(8-13(9-12)22-2)3-4-14(20)19-5-6-23-10-15(16,17)18/h7-9H,3-6,10H2,1-2H3,(H,19,20). The minimum atomic E-state index is -4.35. The van der Waals surface area contributed by atoms with Crippen LogP contribution in [-0.2, 0) is 16.0 Å². The molecule has 0 fully saturated rings. The number of amides is 1. The number of methoxy groups -OCH3 is 2. The van der Waals surface area contributed by atoms with Crippen molar-refractivity contribution in [1.29, 1.82) is 0 Å². The number of benzene rings is 1. The third-order valence-electron chi connectivity index (χ3n) is 2.89. The Balaban J connectivity index is 2.30. The van der Waals surface area contributed by atoms with E-state index in [0.717, 1.165) is 5.56 Å². The quantitative estimate of drug-likeness (QED) is 0.704. The van der Waals surface area contributed by atoms with Crippen molar-refractivity contribution in [2.45, 2.75) is 19.0 Å². The third-order valence-corrected chi connectivity index (χ3v) is 2.89. The fraction of sp³-hybridized carbons (Fsp3) is 0.533. The number of hydrogen-bond acceptors (Lipinski definition) is 4. The molecule has 0 aliphatic rings. The molecule has 0 spiro atoms. The van der Waals surface area contributed by atoms with Crippen molar-refractivity contribution in [3.8, 4) is 11.5 Å². The van der Waals surface area contributed by atoms with Gasteiger partial charge in [0.1, 0.15) is 18.1 Å². The number of nitrogens with one attached hydrogen (secondary N) is 1. The van der Waals surface area contributed by atoms with E-state index in [-0.39, 0.29) is 25.5 Å². The second kappa shape index (κ2) is 9.24. The molecule has 0 aromatic heterocycles. The first-order chi connectivity index (χ1) is 10.8. The highest BCUT2D eigenvalue weighted by Crippen LogP contribution is 2.23. The van der Waals surface area contributed by atoms with Gasteiger partial charge in [-0.1, -0.05) is 0 Å². The lowest BCUT2D eigenvalue weighted by Crippen LogP contribution is -2.29. The number of aryl methyl sites for hydroxylation is 1. The van der Waals surface area contributed by atoms with Gasteiger partial charge in [0.15, 0.2) is 0 Å².